The van der Waals surface area contributed by atoms with E-state index in [1.165, 1.54) is 28.9 Å². The van der Waals surface area contributed by atoms with Crippen LogP contribution in [0.1, 0.15) is 38.3 Å². The molecule has 1 aromatic heterocycles. The molecule has 1 heterocycles. The molecule has 0 aliphatic carbocycles. The third-order valence-electron chi connectivity index (χ3n) is 6.02. The Balaban J connectivity index is 1.79. The molecule has 4 rings (SSSR count). The molecule has 36 heavy (non-hydrogen) atoms. The van der Waals surface area contributed by atoms with Crippen LogP contribution in [0.25, 0.3) is 11.3 Å². The Morgan fingerprint density at radius 1 is 0.972 bits per heavy atom. The van der Waals surface area contributed by atoms with Gasteiger partial charge in [0, 0.05) is 11.3 Å². The molecule has 0 saturated heterocycles. The zero-order valence-electron chi connectivity index (χ0n) is 20.5. The molecular weight excluding hydrogens is 479 g/mol. The molecule has 0 spiro atoms. The minimum Gasteiger partial charge on any atom is -0.399 e. The van der Waals surface area contributed by atoms with Crippen molar-refractivity contribution in [3.63, 3.8) is 0 Å². The van der Waals surface area contributed by atoms with Gasteiger partial charge in [-0.15, -0.1) is 0 Å². The highest BCUT2D eigenvalue weighted by atomic mass is 32.2. The number of anilines is 1. The van der Waals surface area contributed by atoms with Gasteiger partial charge in [-0.1, -0.05) is 35.9 Å². The van der Waals surface area contributed by atoms with E-state index < -0.39 is 21.7 Å². The summed E-state index contributed by atoms with van der Waals surface area (Å²) in [5.41, 5.74) is 10.9. The first-order chi connectivity index (χ1) is 17.0. The fourth-order valence-corrected chi connectivity index (χ4v) is 5.24. The number of aryl methyl sites for hydroxylation is 4. The highest BCUT2D eigenvalue weighted by molar-refractivity contribution is 7.90. The van der Waals surface area contributed by atoms with Crippen LogP contribution in [-0.4, -0.2) is 24.1 Å². The van der Waals surface area contributed by atoms with Crippen LogP contribution < -0.4 is 10.5 Å². The second-order valence-corrected chi connectivity index (χ2v) is 10.6. The quantitative estimate of drug-likeness (QED) is 0.370. The summed E-state index contributed by atoms with van der Waals surface area (Å²) in [4.78, 5) is 13.1. The number of amides is 1. The Hall–Kier alpha value is -3.98. The van der Waals surface area contributed by atoms with Gasteiger partial charge in [0.15, 0.2) is 0 Å². The number of nitrogen functional groups attached to an aromatic ring is 1. The van der Waals surface area contributed by atoms with E-state index in [0.717, 1.165) is 22.3 Å². The third kappa shape index (κ3) is 5.01. The summed E-state index contributed by atoms with van der Waals surface area (Å²) in [5, 5.41) is 4.52. The molecule has 1 amide bonds. The number of hydrogen-bond acceptors (Lipinski definition) is 5. The predicted molar refractivity (Wildman–Crippen MR) is 138 cm³/mol. The van der Waals surface area contributed by atoms with Crippen molar-refractivity contribution in [2.45, 2.75) is 39.1 Å². The number of nitrogens with zero attached hydrogens (tertiary/aromatic N) is 2. The summed E-state index contributed by atoms with van der Waals surface area (Å²) in [7, 11) is -4.21. The van der Waals surface area contributed by atoms with E-state index in [1.54, 1.807) is 31.2 Å². The molecule has 0 fully saturated rings. The number of hydrogen-bond donors (Lipinski definition) is 2. The van der Waals surface area contributed by atoms with E-state index in [9.17, 15) is 17.6 Å². The van der Waals surface area contributed by atoms with Crippen molar-refractivity contribution in [2.75, 3.05) is 5.73 Å². The average molecular weight is 507 g/mol. The maximum absolute atomic E-state index is 14.9. The van der Waals surface area contributed by atoms with Crippen molar-refractivity contribution >= 4 is 21.6 Å². The van der Waals surface area contributed by atoms with E-state index in [-0.39, 0.29) is 34.1 Å². The van der Waals surface area contributed by atoms with Gasteiger partial charge >= 0.3 is 0 Å². The van der Waals surface area contributed by atoms with Gasteiger partial charge < -0.3 is 5.73 Å². The molecule has 0 saturated carbocycles. The zero-order valence-corrected chi connectivity index (χ0v) is 21.3. The highest BCUT2D eigenvalue weighted by Crippen LogP contribution is 2.26. The Morgan fingerprint density at radius 2 is 1.64 bits per heavy atom. The van der Waals surface area contributed by atoms with Crippen molar-refractivity contribution in [1.82, 2.24) is 14.5 Å². The van der Waals surface area contributed by atoms with Crippen molar-refractivity contribution in [1.29, 1.82) is 0 Å². The lowest BCUT2D eigenvalue weighted by Crippen LogP contribution is -2.32. The van der Waals surface area contributed by atoms with Gasteiger partial charge in [0.05, 0.1) is 17.1 Å². The zero-order chi connectivity index (χ0) is 26.2. The molecule has 0 radical (unpaired) electrons. The first-order valence-corrected chi connectivity index (χ1v) is 12.8. The molecule has 186 valence electrons. The third-order valence-corrected chi connectivity index (χ3v) is 7.35. The minimum absolute atomic E-state index is 0.0160. The monoisotopic (exact) mass is 506 g/mol. The Kier molecular flexibility index (Phi) is 6.69. The first-order valence-electron chi connectivity index (χ1n) is 11.3. The fraction of sp³-hybridized carbons (Fsp3) is 0.185. The molecule has 3 aromatic carbocycles. The summed E-state index contributed by atoms with van der Waals surface area (Å²) < 4.78 is 44.2. The number of aromatic nitrogens is 2. The second kappa shape index (κ2) is 9.58. The number of nitrogens with one attached hydrogen (secondary N) is 1. The number of nitrogens with two attached hydrogens (primary N) is 1. The van der Waals surface area contributed by atoms with Crippen molar-refractivity contribution in [2.24, 2.45) is 0 Å². The lowest BCUT2D eigenvalue weighted by molar-refractivity contribution is 0.0971. The van der Waals surface area contributed by atoms with Crippen LogP contribution in [0, 0.1) is 33.5 Å². The predicted octanol–water partition coefficient (Wildman–Crippen LogP) is 4.67. The number of halogens is 1. The maximum atomic E-state index is 14.9. The van der Waals surface area contributed by atoms with Crippen LogP contribution in [0.5, 0.6) is 0 Å². The van der Waals surface area contributed by atoms with E-state index in [4.69, 9.17) is 5.73 Å². The number of rotatable bonds is 6. The maximum Gasteiger partial charge on any atom is 0.283 e. The molecule has 0 aliphatic heterocycles. The SMILES string of the molecule is Cc1cc(C)c(Cn2nc(-c3cccc(C)c3F)cc2C(=O)NS(=O)(=O)c2cccc(N)c2)c(C)c1. The smallest absolute Gasteiger partial charge is 0.283 e. The van der Waals surface area contributed by atoms with Crippen LogP contribution >= 0.6 is 0 Å². The Labute approximate surface area is 209 Å². The van der Waals surface area contributed by atoms with E-state index in [0.29, 0.717) is 5.56 Å². The Morgan fingerprint density at radius 3 is 2.31 bits per heavy atom. The molecule has 0 unspecified atom stereocenters. The van der Waals surface area contributed by atoms with E-state index >= 15 is 0 Å². The first kappa shape index (κ1) is 25.1. The van der Waals surface area contributed by atoms with Gasteiger partial charge in [0.2, 0.25) is 0 Å². The molecule has 9 heteroatoms. The largest absolute Gasteiger partial charge is 0.399 e. The fourth-order valence-electron chi connectivity index (χ4n) is 4.22. The highest BCUT2D eigenvalue weighted by Gasteiger charge is 2.24. The van der Waals surface area contributed by atoms with Crippen LogP contribution in [0.4, 0.5) is 10.1 Å². The number of benzene rings is 3. The van der Waals surface area contributed by atoms with Gasteiger partial charge in [-0.3, -0.25) is 9.48 Å². The summed E-state index contributed by atoms with van der Waals surface area (Å²) >= 11 is 0. The molecule has 0 bridgehead atoms. The topological polar surface area (TPSA) is 107 Å². The van der Waals surface area contributed by atoms with Crippen LogP contribution in [-0.2, 0) is 16.6 Å². The number of sulfonamides is 1. The average Bonchev–Trinajstić information content (AvgIpc) is 3.21. The summed E-state index contributed by atoms with van der Waals surface area (Å²) in [6.45, 7) is 7.76. The second-order valence-electron chi connectivity index (χ2n) is 8.89. The lowest BCUT2D eigenvalue weighted by atomic mass is 10.00. The number of carbonyl (C=O) groups is 1. The van der Waals surface area contributed by atoms with Gasteiger partial charge in [-0.05, 0) is 80.3 Å². The molecule has 0 aliphatic rings. The minimum atomic E-state index is -4.21. The van der Waals surface area contributed by atoms with Gasteiger partial charge in [-0.2, -0.15) is 5.10 Å². The number of carbonyl (C=O) groups excluding carboxylic acids is 1. The van der Waals surface area contributed by atoms with Crippen LogP contribution in [0.15, 0.2) is 65.6 Å². The summed E-state index contributed by atoms with van der Waals surface area (Å²) in [6, 6.07) is 16.0. The summed E-state index contributed by atoms with van der Waals surface area (Å²) in [6.07, 6.45) is 0. The molecule has 3 N–H and O–H groups in total. The molecule has 7 nitrogen and oxygen atoms in total. The lowest BCUT2D eigenvalue weighted by Gasteiger charge is -2.14. The standard InChI is InChI=1S/C27H27FN4O3S/c1-16-11-18(3)23(19(4)12-16)15-32-25(14-24(30-32)22-10-5-7-17(2)26(22)28)27(33)31-36(34,35)21-9-6-8-20(29)13-21/h5-14H,15,29H2,1-4H3,(H,31,33). The van der Waals surface area contributed by atoms with Crippen molar-refractivity contribution in [3.8, 4) is 11.3 Å². The van der Waals surface area contributed by atoms with Crippen LogP contribution in [0.3, 0.4) is 0 Å². The van der Waals surface area contributed by atoms with E-state index in [1.807, 2.05) is 32.9 Å². The van der Waals surface area contributed by atoms with Gasteiger partial charge in [-0.25, -0.2) is 17.5 Å². The van der Waals surface area contributed by atoms with Crippen molar-refractivity contribution < 1.29 is 17.6 Å². The summed E-state index contributed by atoms with van der Waals surface area (Å²) in [5.74, 6) is -1.34. The van der Waals surface area contributed by atoms with Crippen molar-refractivity contribution in [3.05, 3.63) is 100.0 Å². The molecule has 0 atom stereocenters. The van der Waals surface area contributed by atoms with E-state index in [2.05, 4.69) is 9.82 Å². The van der Waals surface area contributed by atoms with Gasteiger partial charge in [0.1, 0.15) is 11.5 Å². The Bertz CT molecular complexity index is 1570. The normalized spacial score (nSPS) is 11.5. The molecular formula is C27H27FN4O3S. The van der Waals surface area contributed by atoms with Crippen LogP contribution in [0.2, 0.25) is 0 Å². The molecule has 4 aromatic rings. The van der Waals surface area contributed by atoms with Gasteiger partial charge in [0.25, 0.3) is 15.9 Å².